The summed E-state index contributed by atoms with van der Waals surface area (Å²) in [5.41, 5.74) is 1.06. The molecule has 4 rings (SSSR count). The summed E-state index contributed by atoms with van der Waals surface area (Å²) in [6.07, 6.45) is 1.58. The van der Waals surface area contributed by atoms with E-state index < -0.39 is 17.7 Å². The third kappa shape index (κ3) is 6.78. The van der Waals surface area contributed by atoms with Crippen molar-refractivity contribution in [3.8, 4) is 23.0 Å². The number of benzene rings is 2. The predicted molar refractivity (Wildman–Crippen MR) is 157 cm³/mol. The van der Waals surface area contributed by atoms with Crippen LogP contribution in [0.25, 0.3) is 5.76 Å². The first kappa shape index (κ1) is 30.2. The Balaban J connectivity index is 1.74. The Morgan fingerprint density at radius 3 is 2.46 bits per heavy atom. The Morgan fingerprint density at radius 1 is 1.05 bits per heavy atom. The Kier molecular flexibility index (Phi) is 10.2. The van der Waals surface area contributed by atoms with Crippen LogP contribution in [-0.2, 0) is 9.59 Å². The largest absolute Gasteiger partial charge is 0.507 e. The fraction of sp³-hybridized carbons (Fsp3) is 0.500. The number of fused-ring (bicyclic) bond motifs is 1. The van der Waals surface area contributed by atoms with Gasteiger partial charge in [-0.05, 0) is 74.3 Å². The normalized spacial score (nSPS) is 17.9. The van der Waals surface area contributed by atoms with Gasteiger partial charge in [-0.1, -0.05) is 33.8 Å². The zero-order chi connectivity index (χ0) is 29.5. The highest BCUT2D eigenvalue weighted by Crippen LogP contribution is 2.43. The van der Waals surface area contributed by atoms with Gasteiger partial charge in [0.25, 0.3) is 11.7 Å². The van der Waals surface area contributed by atoms with E-state index in [0.29, 0.717) is 72.8 Å². The smallest absolute Gasteiger partial charge is 0.295 e. The van der Waals surface area contributed by atoms with Gasteiger partial charge in [0.15, 0.2) is 23.0 Å². The van der Waals surface area contributed by atoms with Crippen molar-refractivity contribution in [2.75, 3.05) is 53.1 Å². The van der Waals surface area contributed by atoms with Gasteiger partial charge in [-0.25, -0.2) is 0 Å². The maximum atomic E-state index is 13.5. The zero-order valence-electron chi connectivity index (χ0n) is 24.8. The third-order valence-corrected chi connectivity index (χ3v) is 7.58. The molecule has 1 fully saturated rings. The first-order chi connectivity index (χ1) is 19.8. The lowest BCUT2D eigenvalue weighted by atomic mass is 9.94. The van der Waals surface area contributed by atoms with E-state index in [0.717, 1.165) is 26.1 Å². The van der Waals surface area contributed by atoms with E-state index in [9.17, 15) is 14.7 Å². The third-order valence-electron chi connectivity index (χ3n) is 7.58. The van der Waals surface area contributed by atoms with Crippen molar-refractivity contribution < 1.29 is 33.6 Å². The quantitative estimate of drug-likeness (QED) is 0.205. The number of Topliss-reactive ketones (excluding diaryl/α,β-unsaturated/α-hetero) is 1. The summed E-state index contributed by atoms with van der Waals surface area (Å²) in [6, 6.07) is 9.63. The number of carbonyl (C=O) groups excluding carboxylic acids is 2. The van der Waals surface area contributed by atoms with Crippen molar-refractivity contribution >= 4 is 17.4 Å². The summed E-state index contributed by atoms with van der Waals surface area (Å²) < 4.78 is 22.9. The summed E-state index contributed by atoms with van der Waals surface area (Å²) in [5.74, 6) is 1.02. The lowest BCUT2D eigenvalue weighted by Gasteiger charge is -2.27. The molecule has 0 spiro atoms. The van der Waals surface area contributed by atoms with Gasteiger partial charge < -0.3 is 33.9 Å². The minimum Gasteiger partial charge on any atom is -0.507 e. The SMILES string of the molecule is CCN(CC)CCCN1C(=O)C(=O)/C(=C(/O)c2ccc3c(c2)OCCO3)C1c1ccc(OCCC(C)C)c(OC)c1. The second-order valence-corrected chi connectivity index (χ2v) is 10.7. The van der Waals surface area contributed by atoms with Crippen molar-refractivity contribution in [2.45, 2.75) is 46.6 Å². The molecule has 1 N–H and O–H groups in total. The minimum absolute atomic E-state index is 0.0325. The fourth-order valence-corrected chi connectivity index (χ4v) is 5.19. The molecule has 2 heterocycles. The second kappa shape index (κ2) is 13.8. The molecule has 0 saturated carbocycles. The summed E-state index contributed by atoms with van der Waals surface area (Å²) in [6.45, 7) is 12.8. The highest BCUT2D eigenvalue weighted by atomic mass is 16.6. The average Bonchev–Trinajstić information content (AvgIpc) is 3.23. The summed E-state index contributed by atoms with van der Waals surface area (Å²) in [7, 11) is 1.56. The Morgan fingerprint density at radius 2 is 1.78 bits per heavy atom. The molecule has 2 aliphatic rings. The average molecular weight is 567 g/mol. The van der Waals surface area contributed by atoms with Crippen molar-refractivity contribution in [2.24, 2.45) is 5.92 Å². The number of rotatable bonds is 13. The van der Waals surface area contributed by atoms with Crippen LogP contribution in [0.4, 0.5) is 0 Å². The monoisotopic (exact) mass is 566 g/mol. The van der Waals surface area contributed by atoms with Gasteiger partial charge in [-0.15, -0.1) is 0 Å². The molecule has 1 saturated heterocycles. The number of ketones is 1. The van der Waals surface area contributed by atoms with Crippen LogP contribution in [-0.4, -0.2) is 79.7 Å². The van der Waals surface area contributed by atoms with Gasteiger partial charge in [0.05, 0.1) is 25.3 Å². The van der Waals surface area contributed by atoms with Crippen LogP contribution in [0.15, 0.2) is 42.0 Å². The highest BCUT2D eigenvalue weighted by molar-refractivity contribution is 6.46. The Hall–Kier alpha value is -3.72. The van der Waals surface area contributed by atoms with Gasteiger partial charge in [0, 0.05) is 12.1 Å². The number of aliphatic hydroxyl groups excluding tert-OH is 1. The molecule has 1 amide bonds. The molecule has 2 aromatic rings. The number of carbonyl (C=O) groups is 2. The topological polar surface area (TPSA) is 97.8 Å². The van der Waals surface area contributed by atoms with Gasteiger partial charge in [-0.3, -0.25) is 9.59 Å². The van der Waals surface area contributed by atoms with Crippen LogP contribution in [0, 0.1) is 5.92 Å². The molecule has 1 unspecified atom stereocenters. The van der Waals surface area contributed by atoms with Crippen LogP contribution in [0.3, 0.4) is 0 Å². The van der Waals surface area contributed by atoms with E-state index in [1.807, 2.05) is 6.07 Å². The Labute approximate surface area is 242 Å². The Bertz CT molecular complexity index is 1270. The number of ether oxygens (including phenoxy) is 4. The highest BCUT2D eigenvalue weighted by Gasteiger charge is 2.46. The molecule has 41 heavy (non-hydrogen) atoms. The maximum absolute atomic E-state index is 13.5. The van der Waals surface area contributed by atoms with Crippen molar-refractivity contribution in [1.29, 1.82) is 0 Å². The van der Waals surface area contributed by atoms with E-state index >= 15 is 0 Å². The van der Waals surface area contributed by atoms with Gasteiger partial charge >= 0.3 is 0 Å². The molecule has 2 aliphatic heterocycles. The summed E-state index contributed by atoms with van der Waals surface area (Å²) >= 11 is 0. The molecule has 0 aliphatic carbocycles. The van der Waals surface area contributed by atoms with Gasteiger partial charge in [0.2, 0.25) is 0 Å². The molecule has 9 nitrogen and oxygen atoms in total. The number of methoxy groups -OCH3 is 1. The van der Waals surface area contributed by atoms with Gasteiger partial charge in [-0.2, -0.15) is 0 Å². The molecular weight excluding hydrogens is 524 g/mol. The molecule has 222 valence electrons. The predicted octanol–water partition coefficient (Wildman–Crippen LogP) is 5.04. The van der Waals surface area contributed by atoms with Crippen LogP contribution in [0.2, 0.25) is 0 Å². The lowest BCUT2D eigenvalue weighted by Crippen LogP contribution is -2.33. The lowest BCUT2D eigenvalue weighted by molar-refractivity contribution is -0.140. The first-order valence-corrected chi connectivity index (χ1v) is 14.5. The standard InChI is InChI=1S/C32H42N2O7/c1-6-33(7-2)14-8-15-34-29(22-9-11-24(26(19-22)38-5)39-16-13-21(3)4)28(31(36)32(34)37)30(35)23-10-12-25-27(20-23)41-18-17-40-25/h9-12,19-21,29,35H,6-8,13-18H2,1-5H3/b30-28+. The van der Waals surface area contributed by atoms with Gasteiger partial charge in [0.1, 0.15) is 19.0 Å². The second-order valence-electron chi connectivity index (χ2n) is 10.7. The molecule has 0 radical (unpaired) electrons. The van der Waals surface area contributed by atoms with Crippen LogP contribution in [0.5, 0.6) is 23.0 Å². The van der Waals surface area contributed by atoms with E-state index in [1.54, 1.807) is 42.3 Å². The van der Waals surface area contributed by atoms with E-state index in [1.165, 1.54) is 0 Å². The molecular formula is C32H42N2O7. The molecule has 0 aromatic heterocycles. The van der Waals surface area contributed by atoms with Crippen LogP contribution < -0.4 is 18.9 Å². The van der Waals surface area contributed by atoms with Crippen molar-refractivity contribution in [3.63, 3.8) is 0 Å². The van der Waals surface area contributed by atoms with Crippen LogP contribution >= 0.6 is 0 Å². The number of nitrogens with zero attached hydrogens (tertiary/aromatic N) is 2. The van der Waals surface area contributed by atoms with E-state index in [4.69, 9.17) is 18.9 Å². The fourth-order valence-electron chi connectivity index (χ4n) is 5.19. The number of likely N-dealkylation sites (tertiary alicyclic amines) is 1. The maximum Gasteiger partial charge on any atom is 0.295 e. The number of amides is 1. The number of hydrogen-bond acceptors (Lipinski definition) is 8. The van der Waals surface area contributed by atoms with Crippen LogP contribution in [0.1, 0.15) is 57.7 Å². The molecule has 1 atom stereocenters. The minimum atomic E-state index is -0.793. The summed E-state index contributed by atoms with van der Waals surface area (Å²) in [4.78, 5) is 30.8. The van der Waals surface area contributed by atoms with E-state index in [-0.39, 0.29) is 11.3 Å². The van der Waals surface area contributed by atoms with E-state index in [2.05, 4.69) is 32.6 Å². The van der Waals surface area contributed by atoms with Crippen molar-refractivity contribution in [1.82, 2.24) is 9.80 Å². The first-order valence-electron chi connectivity index (χ1n) is 14.5. The summed E-state index contributed by atoms with van der Waals surface area (Å²) in [5, 5.41) is 11.5. The zero-order valence-corrected chi connectivity index (χ0v) is 24.8. The number of hydrogen-bond donors (Lipinski definition) is 1. The molecule has 0 bridgehead atoms. The molecule has 9 heteroatoms. The number of aliphatic hydroxyl groups is 1. The molecule has 2 aromatic carbocycles. The van der Waals surface area contributed by atoms with Crippen molar-refractivity contribution in [3.05, 3.63) is 53.1 Å².